The molecule has 1 spiro atoms. The van der Waals surface area contributed by atoms with Crippen molar-refractivity contribution < 1.29 is 35.4 Å². The molecule has 7 heteroatoms. The molecule has 4 aliphatic carbocycles. The molecule has 154 valence electrons. The largest absolute Gasteiger partial charge is 0.390 e. The smallest absolute Gasteiger partial charge is 0.178 e. The van der Waals surface area contributed by atoms with Crippen molar-refractivity contribution in [2.45, 2.75) is 100 Å². The normalized spacial score (nSPS) is 71.6. The minimum Gasteiger partial charge on any atom is -0.390 e. The number of ether oxygens (including phenoxy) is 1. The first-order valence-electron chi connectivity index (χ1n) is 10.1. The van der Waals surface area contributed by atoms with E-state index >= 15 is 0 Å². The number of rotatable bonds is 1. The van der Waals surface area contributed by atoms with Gasteiger partial charge in [0, 0.05) is 18.3 Å². The summed E-state index contributed by atoms with van der Waals surface area (Å²) in [5.74, 6) is -2.69. The van der Waals surface area contributed by atoms with Crippen molar-refractivity contribution in [3.05, 3.63) is 0 Å². The second-order valence-corrected chi connectivity index (χ2v) is 10.9. The third-order valence-corrected chi connectivity index (χ3v) is 10.3. The van der Waals surface area contributed by atoms with Crippen LogP contribution in [0, 0.1) is 22.7 Å². The maximum absolute atomic E-state index is 12.3. The lowest BCUT2D eigenvalue weighted by Gasteiger charge is -2.60. The lowest BCUT2D eigenvalue weighted by Crippen LogP contribution is -2.75. The Labute approximate surface area is 159 Å². The van der Waals surface area contributed by atoms with Crippen LogP contribution in [0.2, 0.25) is 0 Å². The molecule has 6 aliphatic rings. The van der Waals surface area contributed by atoms with Crippen LogP contribution in [0.25, 0.3) is 0 Å². The van der Waals surface area contributed by atoms with E-state index in [0.717, 1.165) is 0 Å². The standard InChI is InChI=1S/C20H32O7/c1-10(2)15(22)9-17(24)13(4)8-18(25)14(15,5)20(17,26)19(27-18)12(21)11(3)6-7-16(13,19)23/h10-12,21-26H,6-9H2,1-5H3/t11-,12+,13-,14-,15-,16-,17+,18+,19+,20+/m0/s1. The zero-order valence-corrected chi connectivity index (χ0v) is 16.7. The number of hydrogen-bond acceptors (Lipinski definition) is 7. The molecule has 6 rings (SSSR count). The lowest BCUT2D eigenvalue weighted by atomic mass is 9.52. The van der Waals surface area contributed by atoms with Crippen LogP contribution in [-0.2, 0) is 4.74 Å². The molecule has 0 aromatic carbocycles. The summed E-state index contributed by atoms with van der Waals surface area (Å²) >= 11 is 0. The van der Waals surface area contributed by atoms with Crippen molar-refractivity contribution in [3.8, 4) is 0 Å². The number of aliphatic hydroxyl groups excluding tert-OH is 1. The Kier molecular flexibility index (Phi) is 2.86. The van der Waals surface area contributed by atoms with Gasteiger partial charge in [0.05, 0.1) is 17.1 Å². The highest BCUT2D eigenvalue weighted by atomic mass is 16.7. The fourth-order valence-corrected chi connectivity index (χ4v) is 8.64. The molecule has 0 aromatic rings. The molecular weight excluding hydrogens is 352 g/mol. The van der Waals surface area contributed by atoms with E-state index in [1.165, 1.54) is 6.92 Å². The minimum atomic E-state index is -2.21. The summed E-state index contributed by atoms with van der Waals surface area (Å²) in [6.45, 7) is 8.55. The predicted octanol–water partition coefficient (Wildman–Crippen LogP) is -0.351. The van der Waals surface area contributed by atoms with E-state index in [4.69, 9.17) is 4.74 Å². The SMILES string of the molecule is CC(C)[C@@]1(O)C[C@@]2(O)[C@@]3(C)C[C@@]4(O)O[C@@]5([C@H](O)[C@@H](C)CC[C@]35O)[C@@]2(O)[C@]41C. The molecule has 10 atom stereocenters. The molecule has 6 N–H and O–H groups in total. The number of aliphatic hydroxyl groups is 6. The molecular formula is C20H32O7. The summed E-state index contributed by atoms with van der Waals surface area (Å²) in [5, 5.41) is 70.9. The van der Waals surface area contributed by atoms with Crippen LogP contribution >= 0.6 is 0 Å². The van der Waals surface area contributed by atoms with Gasteiger partial charge in [0.2, 0.25) is 0 Å². The van der Waals surface area contributed by atoms with E-state index in [1.54, 1.807) is 27.7 Å². The van der Waals surface area contributed by atoms with Crippen LogP contribution in [0.5, 0.6) is 0 Å². The minimum absolute atomic E-state index is 0.121. The molecule has 6 bridgehead atoms. The summed E-state index contributed by atoms with van der Waals surface area (Å²) in [4.78, 5) is 0. The monoisotopic (exact) mass is 384 g/mol. The van der Waals surface area contributed by atoms with Gasteiger partial charge >= 0.3 is 0 Å². The first kappa shape index (κ1) is 18.7. The number of hydrogen-bond donors (Lipinski definition) is 6. The van der Waals surface area contributed by atoms with Crippen LogP contribution in [-0.4, -0.2) is 70.5 Å². The van der Waals surface area contributed by atoms with Gasteiger partial charge in [0.15, 0.2) is 11.4 Å². The molecule has 2 saturated heterocycles. The summed E-state index contributed by atoms with van der Waals surface area (Å²) in [6.07, 6.45) is -0.869. The summed E-state index contributed by atoms with van der Waals surface area (Å²) in [5.41, 5.74) is -12.5. The molecule has 0 unspecified atom stereocenters. The van der Waals surface area contributed by atoms with Crippen molar-refractivity contribution in [3.63, 3.8) is 0 Å². The van der Waals surface area contributed by atoms with Crippen LogP contribution in [0.3, 0.4) is 0 Å². The van der Waals surface area contributed by atoms with Gasteiger partial charge in [0.1, 0.15) is 16.8 Å². The third kappa shape index (κ3) is 1.16. The Morgan fingerprint density at radius 1 is 0.963 bits per heavy atom. The van der Waals surface area contributed by atoms with Gasteiger partial charge in [-0.1, -0.05) is 27.7 Å². The summed E-state index contributed by atoms with van der Waals surface area (Å²) < 4.78 is 6.12. The maximum Gasteiger partial charge on any atom is 0.178 e. The molecule has 2 heterocycles. The zero-order chi connectivity index (χ0) is 20.3. The Bertz CT molecular complexity index is 759. The summed E-state index contributed by atoms with van der Waals surface area (Å²) in [7, 11) is 0. The molecule has 2 aliphatic heterocycles. The van der Waals surface area contributed by atoms with Gasteiger partial charge in [-0.25, -0.2) is 0 Å². The third-order valence-electron chi connectivity index (χ3n) is 10.3. The van der Waals surface area contributed by atoms with Crippen molar-refractivity contribution in [1.82, 2.24) is 0 Å². The zero-order valence-electron chi connectivity index (χ0n) is 16.7. The van der Waals surface area contributed by atoms with E-state index in [-0.39, 0.29) is 25.2 Å². The highest BCUT2D eigenvalue weighted by molar-refractivity contribution is 5.54. The molecule has 7 nitrogen and oxygen atoms in total. The van der Waals surface area contributed by atoms with Crippen molar-refractivity contribution in [2.24, 2.45) is 22.7 Å². The fourth-order valence-electron chi connectivity index (χ4n) is 8.64. The van der Waals surface area contributed by atoms with Gasteiger partial charge in [-0.15, -0.1) is 0 Å². The van der Waals surface area contributed by atoms with Gasteiger partial charge in [-0.3, -0.25) is 0 Å². The van der Waals surface area contributed by atoms with Crippen molar-refractivity contribution in [2.75, 3.05) is 0 Å². The van der Waals surface area contributed by atoms with Gasteiger partial charge in [-0.2, -0.15) is 0 Å². The van der Waals surface area contributed by atoms with E-state index in [0.29, 0.717) is 6.42 Å². The van der Waals surface area contributed by atoms with Crippen LogP contribution < -0.4 is 0 Å². The van der Waals surface area contributed by atoms with Crippen molar-refractivity contribution >= 4 is 0 Å². The van der Waals surface area contributed by atoms with Gasteiger partial charge < -0.3 is 35.4 Å². The Morgan fingerprint density at radius 2 is 1.56 bits per heavy atom. The van der Waals surface area contributed by atoms with Crippen LogP contribution in [0.15, 0.2) is 0 Å². The van der Waals surface area contributed by atoms with Gasteiger partial charge in [-0.05, 0) is 31.6 Å². The predicted molar refractivity (Wildman–Crippen MR) is 93.3 cm³/mol. The Morgan fingerprint density at radius 3 is 2.11 bits per heavy atom. The van der Waals surface area contributed by atoms with Gasteiger partial charge in [0.25, 0.3) is 0 Å². The van der Waals surface area contributed by atoms with Crippen LogP contribution in [0.1, 0.15) is 60.3 Å². The van der Waals surface area contributed by atoms with E-state index in [1.807, 2.05) is 0 Å². The van der Waals surface area contributed by atoms with E-state index in [9.17, 15) is 30.6 Å². The topological polar surface area (TPSA) is 131 Å². The Balaban J connectivity index is 1.94. The lowest BCUT2D eigenvalue weighted by molar-refractivity contribution is -0.390. The average molecular weight is 384 g/mol. The molecule has 0 radical (unpaired) electrons. The quantitative estimate of drug-likeness (QED) is 0.364. The molecule has 27 heavy (non-hydrogen) atoms. The highest BCUT2D eigenvalue weighted by Gasteiger charge is 3.07. The fraction of sp³-hybridized carbons (Fsp3) is 1.00. The molecule has 0 amide bonds. The second kappa shape index (κ2) is 4.13. The van der Waals surface area contributed by atoms with Crippen molar-refractivity contribution in [1.29, 1.82) is 0 Å². The first-order valence-corrected chi connectivity index (χ1v) is 10.1. The first-order chi connectivity index (χ1) is 12.1. The average Bonchev–Trinajstić information content (AvgIpc) is 2.82. The summed E-state index contributed by atoms with van der Waals surface area (Å²) in [6, 6.07) is 0. The second-order valence-electron chi connectivity index (χ2n) is 10.9. The molecule has 4 saturated carbocycles. The molecule has 0 aromatic heterocycles. The Hall–Kier alpha value is -0.280. The molecule has 6 fully saturated rings. The van der Waals surface area contributed by atoms with E-state index < -0.39 is 56.6 Å². The maximum atomic E-state index is 12.3. The highest BCUT2D eigenvalue weighted by Crippen LogP contribution is 2.90. The van der Waals surface area contributed by atoms with Crippen LogP contribution in [0.4, 0.5) is 0 Å². The van der Waals surface area contributed by atoms with E-state index in [2.05, 4.69) is 0 Å².